The van der Waals surface area contributed by atoms with Crippen molar-refractivity contribution < 1.29 is 9.59 Å². The number of benzene rings is 3. The molecule has 0 saturated heterocycles. The largest absolute Gasteiger partial charge is 0.305 e. The number of carbonyl (C=O) groups excluding carboxylic acids is 2. The van der Waals surface area contributed by atoms with Gasteiger partial charge in [0, 0.05) is 34.9 Å². The van der Waals surface area contributed by atoms with Crippen molar-refractivity contribution in [2.75, 3.05) is 9.80 Å². The molecule has 2 atom stereocenters. The molecule has 0 fully saturated rings. The van der Waals surface area contributed by atoms with E-state index in [-0.39, 0.29) is 23.9 Å². The fourth-order valence-corrected chi connectivity index (χ4v) is 4.56. The van der Waals surface area contributed by atoms with Gasteiger partial charge in [-0.3, -0.25) is 9.59 Å². The second-order valence-corrected chi connectivity index (χ2v) is 8.51. The van der Waals surface area contributed by atoms with Crippen LogP contribution in [0.25, 0.3) is 0 Å². The van der Waals surface area contributed by atoms with Gasteiger partial charge in [-0.2, -0.15) is 0 Å². The van der Waals surface area contributed by atoms with Crippen LogP contribution >= 0.6 is 11.6 Å². The first kappa shape index (κ1) is 21.1. The number of hydrogen-bond donors (Lipinski definition) is 0. The number of aryl methyl sites for hydroxylation is 1. The van der Waals surface area contributed by atoms with Gasteiger partial charge in [0.05, 0.1) is 6.04 Å². The third-order valence-electron chi connectivity index (χ3n) is 5.80. The van der Waals surface area contributed by atoms with Crippen molar-refractivity contribution in [1.29, 1.82) is 0 Å². The van der Waals surface area contributed by atoms with Gasteiger partial charge in [-0.25, -0.2) is 0 Å². The standard InChI is InChI=1S/C26H25ClN2O2/c1-17-7-6-8-20(15-17)26(31)28-18(2)16-25(23-9-4-5-10-24(23)28)29(19(3)30)22-13-11-21(27)12-14-22/h4-15,18,25H,16H2,1-3H3. The van der Waals surface area contributed by atoms with E-state index in [1.54, 1.807) is 24.0 Å². The van der Waals surface area contributed by atoms with E-state index in [1.807, 2.05) is 79.4 Å². The Morgan fingerprint density at radius 3 is 2.39 bits per heavy atom. The number of hydrogen-bond acceptors (Lipinski definition) is 2. The minimum atomic E-state index is -0.175. The molecule has 31 heavy (non-hydrogen) atoms. The van der Waals surface area contributed by atoms with E-state index in [1.165, 1.54) is 0 Å². The molecule has 5 heteroatoms. The van der Waals surface area contributed by atoms with Gasteiger partial charge in [0.25, 0.3) is 5.91 Å². The highest BCUT2D eigenvalue weighted by atomic mass is 35.5. The molecular formula is C26H25ClN2O2. The molecule has 0 N–H and O–H groups in total. The number of halogens is 1. The third-order valence-corrected chi connectivity index (χ3v) is 6.05. The molecular weight excluding hydrogens is 408 g/mol. The summed E-state index contributed by atoms with van der Waals surface area (Å²) in [7, 11) is 0. The number of fused-ring (bicyclic) bond motifs is 1. The van der Waals surface area contributed by atoms with Gasteiger partial charge in [-0.1, -0.05) is 47.5 Å². The minimum Gasteiger partial charge on any atom is -0.305 e. The molecule has 0 aliphatic carbocycles. The molecule has 2 unspecified atom stereocenters. The number of anilines is 2. The fraction of sp³-hybridized carbons (Fsp3) is 0.231. The van der Waals surface area contributed by atoms with Crippen LogP contribution in [0.15, 0.2) is 72.8 Å². The Hall–Kier alpha value is -3.11. The van der Waals surface area contributed by atoms with Crippen LogP contribution in [0.4, 0.5) is 11.4 Å². The normalized spacial score (nSPS) is 17.7. The monoisotopic (exact) mass is 432 g/mol. The molecule has 3 aromatic carbocycles. The quantitative estimate of drug-likeness (QED) is 0.495. The summed E-state index contributed by atoms with van der Waals surface area (Å²) in [6.07, 6.45) is 0.636. The van der Waals surface area contributed by atoms with Crippen molar-refractivity contribution in [3.8, 4) is 0 Å². The van der Waals surface area contributed by atoms with E-state index in [0.717, 1.165) is 22.5 Å². The van der Waals surface area contributed by atoms with Crippen LogP contribution in [0.3, 0.4) is 0 Å². The fourth-order valence-electron chi connectivity index (χ4n) is 4.44. The summed E-state index contributed by atoms with van der Waals surface area (Å²) < 4.78 is 0. The molecule has 0 bridgehead atoms. The lowest BCUT2D eigenvalue weighted by molar-refractivity contribution is -0.117. The summed E-state index contributed by atoms with van der Waals surface area (Å²) in [6, 6.07) is 22.6. The van der Waals surface area contributed by atoms with Gasteiger partial charge in [0.1, 0.15) is 0 Å². The molecule has 4 rings (SSSR count). The molecule has 0 aromatic heterocycles. The summed E-state index contributed by atoms with van der Waals surface area (Å²) >= 11 is 6.06. The maximum Gasteiger partial charge on any atom is 0.258 e. The lowest BCUT2D eigenvalue weighted by Gasteiger charge is -2.43. The second kappa shape index (κ2) is 8.56. The van der Waals surface area contributed by atoms with Gasteiger partial charge in [-0.05, 0) is 68.3 Å². The number of para-hydroxylation sites is 1. The molecule has 0 radical (unpaired) electrons. The highest BCUT2D eigenvalue weighted by Gasteiger charge is 2.38. The van der Waals surface area contributed by atoms with E-state index in [2.05, 4.69) is 0 Å². The van der Waals surface area contributed by atoms with Crippen molar-refractivity contribution in [2.24, 2.45) is 0 Å². The Labute approximate surface area is 188 Å². The van der Waals surface area contributed by atoms with Crippen LogP contribution < -0.4 is 9.80 Å². The maximum absolute atomic E-state index is 13.5. The number of rotatable bonds is 3. The summed E-state index contributed by atoms with van der Waals surface area (Å²) in [5, 5.41) is 0.625. The van der Waals surface area contributed by atoms with E-state index < -0.39 is 0 Å². The van der Waals surface area contributed by atoms with Gasteiger partial charge >= 0.3 is 0 Å². The zero-order valence-corrected chi connectivity index (χ0v) is 18.6. The summed E-state index contributed by atoms with van der Waals surface area (Å²) in [6.45, 7) is 5.60. The van der Waals surface area contributed by atoms with Gasteiger partial charge in [0.15, 0.2) is 0 Å². The van der Waals surface area contributed by atoms with Crippen molar-refractivity contribution in [3.63, 3.8) is 0 Å². The first-order chi connectivity index (χ1) is 14.9. The molecule has 3 aromatic rings. The highest BCUT2D eigenvalue weighted by Crippen LogP contribution is 2.42. The first-order valence-corrected chi connectivity index (χ1v) is 10.8. The van der Waals surface area contributed by atoms with E-state index >= 15 is 0 Å². The number of carbonyl (C=O) groups is 2. The lowest BCUT2D eigenvalue weighted by atomic mass is 9.89. The number of amides is 2. The van der Waals surface area contributed by atoms with Crippen LogP contribution in [-0.4, -0.2) is 17.9 Å². The third kappa shape index (κ3) is 4.08. The molecule has 158 valence electrons. The Balaban J connectivity index is 1.78. The van der Waals surface area contributed by atoms with Crippen molar-refractivity contribution >= 4 is 34.8 Å². The van der Waals surface area contributed by atoms with E-state index in [0.29, 0.717) is 17.0 Å². The van der Waals surface area contributed by atoms with Gasteiger partial charge in [0.2, 0.25) is 5.91 Å². The molecule has 4 nitrogen and oxygen atoms in total. The first-order valence-electron chi connectivity index (χ1n) is 10.4. The highest BCUT2D eigenvalue weighted by molar-refractivity contribution is 6.30. The van der Waals surface area contributed by atoms with Crippen LogP contribution in [0.5, 0.6) is 0 Å². The zero-order chi connectivity index (χ0) is 22.1. The SMILES string of the molecule is CC(=O)N(c1ccc(Cl)cc1)C1CC(C)N(C(=O)c2cccc(C)c2)c2ccccc21. The smallest absolute Gasteiger partial charge is 0.258 e. The van der Waals surface area contributed by atoms with Crippen molar-refractivity contribution in [3.05, 3.63) is 94.5 Å². The maximum atomic E-state index is 13.5. The Bertz CT molecular complexity index is 1130. The molecule has 0 spiro atoms. The summed E-state index contributed by atoms with van der Waals surface area (Å²) in [5.41, 5.74) is 4.32. The van der Waals surface area contributed by atoms with Crippen LogP contribution in [0.1, 0.15) is 47.8 Å². The predicted octanol–water partition coefficient (Wildman–Crippen LogP) is 6.18. The molecule has 2 amide bonds. The zero-order valence-electron chi connectivity index (χ0n) is 17.9. The molecule has 1 heterocycles. The molecule has 1 aliphatic heterocycles. The van der Waals surface area contributed by atoms with Crippen molar-refractivity contribution in [2.45, 2.75) is 39.3 Å². The molecule has 0 saturated carbocycles. The number of nitrogens with zero attached hydrogens (tertiary/aromatic N) is 2. The van der Waals surface area contributed by atoms with Crippen LogP contribution in [0, 0.1) is 6.92 Å². The average Bonchev–Trinajstić information content (AvgIpc) is 2.75. The topological polar surface area (TPSA) is 40.6 Å². The average molecular weight is 433 g/mol. The minimum absolute atomic E-state index is 0.0250. The molecule has 1 aliphatic rings. The van der Waals surface area contributed by atoms with Gasteiger partial charge in [-0.15, -0.1) is 0 Å². The van der Waals surface area contributed by atoms with E-state index in [4.69, 9.17) is 11.6 Å². The van der Waals surface area contributed by atoms with Crippen LogP contribution in [-0.2, 0) is 4.79 Å². The Morgan fingerprint density at radius 1 is 1.00 bits per heavy atom. The summed E-state index contributed by atoms with van der Waals surface area (Å²) in [4.78, 5) is 29.9. The van der Waals surface area contributed by atoms with Gasteiger partial charge < -0.3 is 9.80 Å². The predicted molar refractivity (Wildman–Crippen MR) is 126 cm³/mol. The van der Waals surface area contributed by atoms with Crippen molar-refractivity contribution in [1.82, 2.24) is 0 Å². The summed E-state index contributed by atoms with van der Waals surface area (Å²) in [5.74, 6) is -0.0734. The lowest BCUT2D eigenvalue weighted by Crippen LogP contribution is -2.47. The van der Waals surface area contributed by atoms with Crippen LogP contribution in [0.2, 0.25) is 5.02 Å². The second-order valence-electron chi connectivity index (χ2n) is 8.07. The Kier molecular flexibility index (Phi) is 5.84. The Morgan fingerprint density at radius 2 is 1.71 bits per heavy atom. The van der Waals surface area contributed by atoms with E-state index in [9.17, 15) is 9.59 Å².